The van der Waals surface area contributed by atoms with Crippen LogP contribution in [0.25, 0.3) is 0 Å². The van der Waals surface area contributed by atoms with Gasteiger partial charge in [0.1, 0.15) is 11.5 Å². The number of hydrazine groups is 1. The molecule has 0 atom stereocenters. The molecular formula is C20H22N6O4. The van der Waals surface area contributed by atoms with Crippen LogP contribution in [0, 0.1) is 0 Å². The van der Waals surface area contributed by atoms with Crippen LogP contribution < -0.4 is 16.2 Å². The average Bonchev–Trinajstić information content (AvgIpc) is 3.40. The maximum Gasteiger partial charge on any atom is 0.407 e. The molecule has 2 aliphatic rings. The topological polar surface area (TPSA) is 142 Å². The Morgan fingerprint density at radius 3 is 2.70 bits per heavy atom. The molecule has 0 unspecified atom stereocenters. The van der Waals surface area contributed by atoms with Gasteiger partial charge in [0.15, 0.2) is 0 Å². The summed E-state index contributed by atoms with van der Waals surface area (Å²) in [5, 5.41) is 9.28. The number of hydrogen-bond acceptors (Lipinski definition) is 6. The Balaban J connectivity index is 1.74. The van der Waals surface area contributed by atoms with Crippen LogP contribution in [0.3, 0.4) is 0 Å². The van der Waals surface area contributed by atoms with Crippen molar-refractivity contribution in [3.8, 4) is 0 Å². The van der Waals surface area contributed by atoms with E-state index < -0.39 is 12.0 Å². The fraction of sp³-hybridized carbons (Fsp3) is 0.350. The van der Waals surface area contributed by atoms with Crippen molar-refractivity contribution in [3.05, 3.63) is 52.5 Å². The molecule has 10 nitrogen and oxygen atoms in total. The van der Waals surface area contributed by atoms with Crippen LogP contribution in [0.15, 0.2) is 24.3 Å². The van der Waals surface area contributed by atoms with Crippen LogP contribution in [0.5, 0.6) is 0 Å². The summed E-state index contributed by atoms with van der Waals surface area (Å²) in [6, 6.07) is 6.57. The van der Waals surface area contributed by atoms with Crippen LogP contribution in [0.1, 0.15) is 57.6 Å². The van der Waals surface area contributed by atoms with Crippen LogP contribution >= 0.6 is 0 Å². The van der Waals surface area contributed by atoms with E-state index in [1.54, 1.807) is 12.1 Å². The summed E-state index contributed by atoms with van der Waals surface area (Å²) in [4.78, 5) is 48.0. The molecule has 0 aromatic carbocycles. The summed E-state index contributed by atoms with van der Waals surface area (Å²) in [6.45, 7) is 2.35. The number of aromatic nitrogens is 2. The Morgan fingerprint density at radius 1 is 1.33 bits per heavy atom. The highest BCUT2D eigenvalue weighted by atomic mass is 16.4. The number of nitrogens with two attached hydrogens (primary N) is 1. The molecule has 10 heteroatoms. The zero-order valence-electron chi connectivity index (χ0n) is 16.7. The molecule has 1 aliphatic carbocycles. The summed E-state index contributed by atoms with van der Waals surface area (Å²) in [5.41, 5.74) is 4.57. The minimum absolute atomic E-state index is 0.0752. The number of pyridine rings is 2. The van der Waals surface area contributed by atoms with Crippen molar-refractivity contribution in [3.63, 3.8) is 0 Å². The first-order chi connectivity index (χ1) is 14.2. The molecule has 1 fully saturated rings. The molecule has 0 bridgehead atoms. The maximum atomic E-state index is 13.2. The fourth-order valence-corrected chi connectivity index (χ4v) is 3.50. The number of nitrogen functional groups attached to an aromatic ring is 1. The van der Waals surface area contributed by atoms with E-state index in [-0.39, 0.29) is 30.1 Å². The van der Waals surface area contributed by atoms with E-state index in [0.717, 1.165) is 23.4 Å². The standard InChI is InChI=1S/C20H22N6O4/c1-20(6-7-20)15-8-11-12(14(22-15)10-25(2)19(29)30)9-26(18(11)28)16-5-3-4-13(23-16)17(27)24-21/h3-5,8H,6-7,9-10,21H2,1-2H3,(H,24,27)(H,29,30). The number of carboxylic acid groups (broad SMARTS) is 1. The Morgan fingerprint density at radius 2 is 2.07 bits per heavy atom. The predicted octanol–water partition coefficient (Wildman–Crippen LogP) is 1.40. The molecule has 3 heterocycles. The smallest absolute Gasteiger partial charge is 0.407 e. The maximum absolute atomic E-state index is 13.2. The number of nitrogens with zero attached hydrogens (tertiary/aromatic N) is 4. The highest BCUT2D eigenvalue weighted by Gasteiger charge is 2.43. The van der Waals surface area contributed by atoms with Crippen LogP contribution in [0.2, 0.25) is 0 Å². The molecule has 2 aromatic rings. The van der Waals surface area contributed by atoms with E-state index in [1.165, 1.54) is 18.0 Å². The molecular weight excluding hydrogens is 388 g/mol. The van der Waals surface area contributed by atoms with E-state index in [4.69, 9.17) is 10.8 Å². The second-order valence-electron chi connectivity index (χ2n) is 7.93. The van der Waals surface area contributed by atoms with Crippen molar-refractivity contribution < 1.29 is 19.5 Å². The van der Waals surface area contributed by atoms with E-state index in [9.17, 15) is 19.5 Å². The van der Waals surface area contributed by atoms with Crippen molar-refractivity contribution in [1.82, 2.24) is 20.3 Å². The average molecular weight is 410 g/mol. The number of carbonyl (C=O) groups is 3. The molecule has 4 N–H and O–H groups in total. The lowest BCUT2D eigenvalue weighted by molar-refractivity contribution is 0.0945. The Hall–Kier alpha value is -3.53. The number of carbonyl (C=O) groups excluding carboxylic acids is 2. The fourth-order valence-electron chi connectivity index (χ4n) is 3.50. The van der Waals surface area contributed by atoms with Crippen molar-refractivity contribution in [2.45, 2.75) is 38.3 Å². The van der Waals surface area contributed by atoms with Gasteiger partial charge in [0.05, 0.1) is 18.8 Å². The van der Waals surface area contributed by atoms with E-state index in [1.807, 2.05) is 11.5 Å². The van der Waals surface area contributed by atoms with Gasteiger partial charge in [-0.3, -0.25) is 24.9 Å². The third-order valence-electron chi connectivity index (χ3n) is 5.71. The molecule has 1 aliphatic heterocycles. The zero-order chi connectivity index (χ0) is 21.6. The molecule has 0 radical (unpaired) electrons. The van der Waals surface area contributed by atoms with Gasteiger partial charge in [0.25, 0.3) is 11.8 Å². The monoisotopic (exact) mass is 410 g/mol. The van der Waals surface area contributed by atoms with Gasteiger partial charge in [-0.05, 0) is 31.0 Å². The summed E-state index contributed by atoms with van der Waals surface area (Å²) in [7, 11) is 1.47. The highest BCUT2D eigenvalue weighted by molar-refractivity contribution is 6.10. The van der Waals surface area contributed by atoms with Gasteiger partial charge >= 0.3 is 6.09 Å². The summed E-state index contributed by atoms with van der Waals surface area (Å²) < 4.78 is 0. The predicted molar refractivity (Wildman–Crippen MR) is 107 cm³/mol. The second-order valence-corrected chi connectivity index (χ2v) is 7.93. The highest BCUT2D eigenvalue weighted by Crippen LogP contribution is 2.47. The minimum Gasteiger partial charge on any atom is -0.465 e. The number of anilines is 1. The minimum atomic E-state index is -1.07. The lowest BCUT2D eigenvalue weighted by Crippen LogP contribution is -2.31. The first-order valence-corrected chi connectivity index (χ1v) is 9.51. The zero-order valence-corrected chi connectivity index (χ0v) is 16.7. The largest absolute Gasteiger partial charge is 0.465 e. The number of rotatable bonds is 5. The normalized spacial score (nSPS) is 16.2. The first-order valence-electron chi connectivity index (χ1n) is 9.51. The van der Waals surface area contributed by atoms with Gasteiger partial charge in [0, 0.05) is 29.3 Å². The lowest BCUT2D eigenvalue weighted by Gasteiger charge is -2.18. The van der Waals surface area contributed by atoms with Gasteiger partial charge < -0.3 is 10.0 Å². The molecule has 156 valence electrons. The van der Waals surface area contributed by atoms with Crippen molar-refractivity contribution in [2.75, 3.05) is 11.9 Å². The SMILES string of the molecule is CN(Cc1nc(C2(C)CC2)cc2c1CN(c1cccc(C(=O)NN)n1)C2=O)C(=O)O. The van der Waals surface area contributed by atoms with Crippen LogP contribution in [-0.4, -0.2) is 44.9 Å². The van der Waals surface area contributed by atoms with Crippen molar-refractivity contribution in [1.29, 1.82) is 0 Å². The van der Waals surface area contributed by atoms with Crippen LogP contribution in [0.4, 0.5) is 10.6 Å². The number of amides is 3. The number of fused-ring (bicyclic) bond motifs is 1. The molecule has 1 saturated carbocycles. The first kappa shape index (κ1) is 19.8. The Kier molecular flexibility index (Phi) is 4.65. The van der Waals surface area contributed by atoms with Crippen molar-refractivity contribution >= 4 is 23.7 Å². The van der Waals surface area contributed by atoms with Gasteiger partial charge in [-0.15, -0.1) is 0 Å². The number of nitrogens with one attached hydrogen (secondary N) is 1. The lowest BCUT2D eigenvalue weighted by atomic mass is 9.99. The third kappa shape index (κ3) is 3.35. The van der Waals surface area contributed by atoms with E-state index >= 15 is 0 Å². The quantitative estimate of drug-likeness (QED) is 0.384. The summed E-state index contributed by atoms with van der Waals surface area (Å²) in [5.74, 6) is 4.68. The Labute approximate surface area is 172 Å². The third-order valence-corrected chi connectivity index (χ3v) is 5.71. The molecule has 4 rings (SSSR count). The Bertz CT molecular complexity index is 1070. The van der Waals surface area contributed by atoms with Crippen molar-refractivity contribution in [2.24, 2.45) is 5.84 Å². The second kappa shape index (κ2) is 7.06. The van der Waals surface area contributed by atoms with Crippen LogP contribution in [-0.2, 0) is 18.5 Å². The molecule has 30 heavy (non-hydrogen) atoms. The van der Waals surface area contributed by atoms with Gasteiger partial charge in [-0.1, -0.05) is 13.0 Å². The molecule has 0 spiro atoms. The molecule has 0 saturated heterocycles. The summed E-state index contributed by atoms with van der Waals surface area (Å²) in [6.07, 6.45) is 0.878. The van der Waals surface area contributed by atoms with Gasteiger partial charge in [-0.25, -0.2) is 15.6 Å². The van der Waals surface area contributed by atoms with E-state index in [2.05, 4.69) is 11.9 Å². The molecule has 3 amide bonds. The summed E-state index contributed by atoms with van der Waals surface area (Å²) >= 11 is 0. The molecule has 2 aromatic heterocycles. The van der Waals surface area contributed by atoms with Gasteiger partial charge in [0.2, 0.25) is 0 Å². The number of hydrogen-bond donors (Lipinski definition) is 3. The van der Waals surface area contributed by atoms with E-state index in [0.29, 0.717) is 22.6 Å². The van der Waals surface area contributed by atoms with Gasteiger partial charge in [-0.2, -0.15) is 0 Å².